The van der Waals surface area contributed by atoms with E-state index in [2.05, 4.69) is 5.32 Å². The highest BCUT2D eigenvalue weighted by Gasteiger charge is 2.47. The number of benzene rings is 1. The first kappa shape index (κ1) is 22.7. The van der Waals surface area contributed by atoms with Crippen LogP contribution < -0.4 is 5.32 Å². The molecule has 3 rings (SSSR count). The number of nitrogens with one attached hydrogen (secondary N) is 1. The van der Waals surface area contributed by atoms with E-state index < -0.39 is 6.04 Å². The average molecular weight is 426 g/mol. The number of imide groups is 1. The molecule has 1 aliphatic heterocycles. The smallest absolute Gasteiger partial charge is 0.242 e. The highest BCUT2D eigenvalue weighted by Crippen LogP contribution is 2.35. The predicted molar refractivity (Wildman–Crippen MR) is 117 cm³/mol. The average Bonchev–Trinajstić information content (AvgIpc) is 3.03. The van der Waals surface area contributed by atoms with Crippen LogP contribution in [0.1, 0.15) is 43.7 Å². The van der Waals surface area contributed by atoms with Crippen LogP contribution >= 0.6 is 0 Å². The minimum atomic E-state index is -0.615. The molecule has 3 atom stereocenters. The molecule has 1 aromatic rings. The van der Waals surface area contributed by atoms with Gasteiger partial charge in [0.25, 0.3) is 0 Å². The van der Waals surface area contributed by atoms with Gasteiger partial charge in [0.2, 0.25) is 23.6 Å². The molecule has 0 radical (unpaired) electrons. The zero-order chi connectivity index (χ0) is 22.5. The van der Waals surface area contributed by atoms with Gasteiger partial charge in [-0.2, -0.15) is 0 Å². The van der Waals surface area contributed by atoms with E-state index in [1.807, 2.05) is 50.3 Å². The lowest BCUT2D eigenvalue weighted by Gasteiger charge is -2.31. The molecule has 7 heteroatoms. The van der Waals surface area contributed by atoms with Crippen LogP contribution in [0.3, 0.4) is 0 Å². The van der Waals surface area contributed by atoms with E-state index in [-0.39, 0.29) is 48.4 Å². The Morgan fingerprint density at radius 3 is 2.19 bits per heavy atom. The third-order valence-electron chi connectivity index (χ3n) is 6.25. The van der Waals surface area contributed by atoms with Crippen LogP contribution in [-0.2, 0) is 25.7 Å². The number of nitrogens with zero attached hydrogens (tertiary/aromatic N) is 2. The Balaban J connectivity index is 1.73. The van der Waals surface area contributed by atoms with Crippen molar-refractivity contribution in [3.05, 3.63) is 47.5 Å². The summed E-state index contributed by atoms with van der Waals surface area (Å²) >= 11 is 0. The number of likely N-dealkylation sites (tertiary alicyclic amines) is 1. The normalized spacial score (nSPS) is 21.1. The summed E-state index contributed by atoms with van der Waals surface area (Å²) in [6.07, 6.45) is 5.51. The van der Waals surface area contributed by atoms with E-state index in [9.17, 15) is 19.2 Å². The monoisotopic (exact) mass is 425 g/mol. The van der Waals surface area contributed by atoms with Crippen molar-refractivity contribution in [3.8, 4) is 0 Å². The SMILES string of the molecule is CC[C@@H](C(=O)NC)N(Cc1ccc(C)cc1)C(=O)CCN1C(=O)[C@H]2CC=CC[C@H]2C1=O. The van der Waals surface area contributed by atoms with Crippen molar-refractivity contribution in [1.82, 2.24) is 15.1 Å². The Morgan fingerprint density at radius 2 is 1.68 bits per heavy atom. The summed E-state index contributed by atoms with van der Waals surface area (Å²) in [5.41, 5.74) is 2.04. The number of allylic oxidation sites excluding steroid dienone is 2. The molecular weight excluding hydrogens is 394 g/mol. The number of fused-ring (bicyclic) bond motifs is 1. The molecular formula is C24H31N3O4. The molecule has 1 aliphatic carbocycles. The summed E-state index contributed by atoms with van der Waals surface area (Å²) in [7, 11) is 1.55. The zero-order valence-electron chi connectivity index (χ0n) is 18.5. The van der Waals surface area contributed by atoms with Crippen molar-refractivity contribution >= 4 is 23.6 Å². The molecule has 1 saturated heterocycles. The maximum Gasteiger partial charge on any atom is 0.242 e. The molecule has 0 bridgehead atoms. The summed E-state index contributed by atoms with van der Waals surface area (Å²) in [5, 5.41) is 2.63. The zero-order valence-corrected chi connectivity index (χ0v) is 18.5. The van der Waals surface area contributed by atoms with Crippen molar-refractivity contribution in [3.63, 3.8) is 0 Å². The van der Waals surface area contributed by atoms with E-state index >= 15 is 0 Å². The summed E-state index contributed by atoms with van der Waals surface area (Å²) in [6, 6.07) is 7.21. The second kappa shape index (κ2) is 9.90. The molecule has 166 valence electrons. The minimum Gasteiger partial charge on any atom is -0.357 e. The Bertz CT molecular complexity index is 851. The molecule has 0 saturated carbocycles. The number of hydrogen-bond acceptors (Lipinski definition) is 4. The van der Waals surface area contributed by atoms with Gasteiger partial charge in [0.15, 0.2) is 0 Å². The third kappa shape index (κ3) is 4.86. The van der Waals surface area contributed by atoms with Crippen LogP contribution in [0.15, 0.2) is 36.4 Å². The van der Waals surface area contributed by atoms with Crippen LogP contribution in [0, 0.1) is 18.8 Å². The first-order valence-electron chi connectivity index (χ1n) is 10.9. The molecule has 0 aromatic heterocycles. The Kier molecular flexibility index (Phi) is 7.25. The number of rotatable bonds is 8. The van der Waals surface area contributed by atoms with Crippen LogP contribution in [-0.4, -0.2) is 53.1 Å². The van der Waals surface area contributed by atoms with Crippen molar-refractivity contribution in [2.24, 2.45) is 11.8 Å². The summed E-state index contributed by atoms with van der Waals surface area (Å²) in [5.74, 6) is -1.44. The molecule has 7 nitrogen and oxygen atoms in total. The first-order valence-corrected chi connectivity index (χ1v) is 10.9. The largest absolute Gasteiger partial charge is 0.357 e. The van der Waals surface area contributed by atoms with Gasteiger partial charge < -0.3 is 10.2 Å². The second-order valence-electron chi connectivity index (χ2n) is 8.28. The number of aryl methyl sites for hydroxylation is 1. The van der Waals surface area contributed by atoms with E-state index in [0.29, 0.717) is 25.8 Å². The lowest BCUT2D eigenvalue weighted by molar-refractivity contribution is -0.144. The van der Waals surface area contributed by atoms with Crippen molar-refractivity contribution in [2.75, 3.05) is 13.6 Å². The topological polar surface area (TPSA) is 86.8 Å². The van der Waals surface area contributed by atoms with Crippen molar-refractivity contribution in [1.29, 1.82) is 0 Å². The Morgan fingerprint density at radius 1 is 1.10 bits per heavy atom. The maximum absolute atomic E-state index is 13.2. The molecule has 0 spiro atoms. The van der Waals surface area contributed by atoms with E-state index in [0.717, 1.165) is 11.1 Å². The van der Waals surface area contributed by atoms with Crippen LogP contribution in [0.5, 0.6) is 0 Å². The molecule has 1 heterocycles. The van der Waals surface area contributed by atoms with Gasteiger partial charge in [0.05, 0.1) is 11.8 Å². The van der Waals surface area contributed by atoms with Gasteiger partial charge in [-0.05, 0) is 31.7 Å². The van der Waals surface area contributed by atoms with Crippen molar-refractivity contribution < 1.29 is 19.2 Å². The molecule has 1 aromatic carbocycles. The van der Waals surface area contributed by atoms with Gasteiger partial charge in [-0.15, -0.1) is 0 Å². The summed E-state index contributed by atoms with van der Waals surface area (Å²) in [4.78, 5) is 53.8. The molecule has 4 amide bonds. The number of likely N-dealkylation sites (N-methyl/N-ethyl adjacent to an activating group) is 1. The summed E-state index contributed by atoms with van der Waals surface area (Å²) < 4.78 is 0. The standard InChI is InChI=1S/C24H31N3O4/c1-4-20(22(29)25-3)27(15-17-11-9-16(2)10-12-17)21(28)13-14-26-23(30)18-7-5-6-8-19(18)24(26)31/h5-6,9-12,18-20H,4,7-8,13-15H2,1-3H3,(H,25,29)/t18-,19+,20-/m0/s1. The molecule has 1 N–H and O–H groups in total. The van der Waals surface area contributed by atoms with Gasteiger partial charge in [0, 0.05) is 26.6 Å². The molecule has 2 aliphatic rings. The van der Waals surface area contributed by atoms with Crippen LogP contribution in [0.25, 0.3) is 0 Å². The lowest BCUT2D eigenvalue weighted by Crippen LogP contribution is -2.49. The highest BCUT2D eigenvalue weighted by molar-refractivity contribution is 6.05. The van der Waals surface area contributed by atoms with Gasteiger partial charge in [-0.25, -0.2) is 0 Å². The molecule has 31 heavy (non-hydrogen) atoms. The number of amides is 4. The number of carbonyl (C=O) groups excluding carboxylic acids is 4. The van der Waals surface area contributed by atoms with E-state index in [1.165, 1.54) is 4.90 Å². The lowest BCUT2D eigenvalue weighted by atomic mass is 9.85. The fourth-order valence-electron chi connectivity index (χ4n) is 4.42. The number of carbonyl (C=O) groups is 4. The Hall–Kier alpha value is -2.96. The fourth-order valence-corrected chi connectivity index (χ4v) is 4.42. The van der Waals surface area contributed by atoms with Crippen molar-refractivity contribution in [2.45, 2.75) is 52.1 Å². The van der Waals surface area contributed by atoms with Gasteiger partial charge in [-0.3, -0.25) is 24.1 Å². The van der Waals surface area contributed by atoms with Crippen LogP contribution in [0.2, 0.25) is 0 Å². The maximum atomic E-state index is 13.2. The quantitative estimate of drug-likeness (QED) is 0.511. The fraction of sp³-hybridized carbons (Fsp3) is 0.500. The Labute approximate surface area is 183 Å². The van der Waals surface area contributed by atoms with Gasteiger partial charge in [0.1, 0.15) is 6.04 Å². The summed E-state index contributed by atoms with van der Waals surface area (Å²) in [6.45, 7) is 4.20. The van der Waals surface area contributed by atoms with Gasteiger partial charge >= 0.3 is 0 Å². The first-order chi connectivity index (χ1) is 14.9. The molecule has 1 fully saturated rings. The van der Waals surface area contributed by atoms with Crippen LogP contribution in [0.4, 0.5) is 0 Å². The third-order valence-corrected chi connectivity index (χ3v) is 6.25. The predicted octanol–water partition coefficient (Wildman–Crippen LogP) is 2.19. The number of hydrogen-bond donors (Lipinski definition) is 1. The minimum absolute atomic E-state index is 0.00367. The van der Waals surface area contributed by atoms with E-state index in [1.54, 1.807) is 11.9 Å². The second-order valence-corrected chi connectivity index (χ2v) is 8.28. The van der Waals surface area contributed by atoms with Gasteiger partial charge in [-0.1, -0.05) is 48.9 Å². The molecule has 0 unspecified atom stereocenters. The highest BCUT2D eigenvalue weighted by atomic mass is 16.2. The van der Waals surface area contributed by atoms with E-state index in [4.69, 9.17) is 0 Å².